The topological polar surface area (TPSA) is 86.7 Å². The summed E-state index contributed by atoms with van der Waals surface area (Å²) in [4.78, 5) is 35.4. The van der Waals surface area contributed by atoms with Crippen molar-refractivity contribution in [2.24, 2.45) is 0 Å². The summed E-state index contributed by atoms with van der Waals surface area (Å²) >= 11 is 0. The van der Waals surface area contributed by atoms with E-state index < -0.39 is 29.3 Å². The lowest BCUT2D eigenvalue weighted by atomic mass is 10.1. The molecule has 1 aromatic rings. The molecule has 106 valence electrons. The van der Waals surface area contributed by atoms with Crippen molar-refractivity contribution in [2.45, 2.75) is 25.9 Å². The number of carbonyl (C=O) groups excluding carboxylic acids is 2. The zero-order chi connectivity index (χ0) is 15.1. The number of carboxylic acid groups (broad SMARTS) is 1. The van der Waals surface area contributed by atoms with Gasteiger partial charge in [-0.25, -0.2) is 14.0 Å². The second kappa shape index (κ2) is 4.59. The number of halogens is 1. The normalized spacial score (nSPS) is 17.2. The van der Waals surface area contributed by atoms with Crippen molar-refractivity contribution in [3.63, 3.8) is 0 Å². The Balaban J connectivity index is 2.31. The highest BCUT2D eigenvalue weighted by molar-refractivity contribution is 6.06. The molecule has 0 atom stereocenters. The summed E-state index contributed by atoms with van der Waals surface area (Å²) in [6.45, 7) is 2.77. The lowest BCUT2D eigenvalue weighted by Crippen LogP contribution is -2.40. The predicted molar refractivity (Wildman–Crippen MR) is 66.5 cm³/mol. The highest BCUT2D eigenvalue weighted by Gasteiger charge is 2.44. The molecule has 1 saturated heterocycles. The zero-order valence-corrected chi connectivity index (χ0v) is 10.9. The number of nitrogens with zero attached hydrogens (tertiary/aromatic N) is 1. The van der Waals surface area contributed by atoms with E-state index in [1.165, 1.54) is 13.8 Å². The molecule has 1 aliphatic rings. The van der Waals surface area contributed by atoms with Gasteiger partial charge < -0.3 is 10.4 Å². The van der Waals surface area contributed by atoms with Crippen LogP contribution in [0.2, 0.25) is 0 Å². The molecule has 1 aliphatic heterocycles. The Morgan fingerprint density at radius 1 is 1.40 bits per heavy atom. The van der Waals surface area contributed by atoms with Gasteiger partial charge in [-0.1, -0.05) is 0 Å². The Labute approximate surface area is 114 Å². The minimum Gasteiger partial charge on any atom is -0.478 e. The van der Waals surface area contributed by atoms with Gasteiger partial charge in [-0.15, -0.1) is 0 Å². The molecule has 0 saturated carbocycles. The predicted octanol–water partition coefficient (Wildman–Crippen LogP) is 1.35. The third kappa shape index (κ3) is 2.34. The summed E-state index contributed by atoms with van der Waals surface area (Å²) in [5.41, 5.74) is -1.17. The summed E-state index contributed by atoms with van der Waals surface area (Å²) in [6, 6.07) is 2.61. The van der Waals surface area contributed by atoms with Crippen molar-refractivity contribution < 1.29 is 23.9 Å². The molecule has 7 heteroatoms. The van der Waals surface area contributed by atoms with Crippen LogP contribution in [0.3, 0.4) is 0 Å². The Hall–Kier alpha value is -2.44. The van der Waals surface area contributed by atoms with E-state index in [0.29, 0.717) is 0 Å². The number of amides is 3. The van der Waals surface area contributed by atoms with Crippen LogP contribution in [0.5, 0.6) is 0 Å². The molecule has 3 amide bonds. The van der Waals surface area contributed by atoms with E-state index >= 15 is 0 Å². The lowest BCUT2D eigenvalue weighted by molar-refractivity contribution is -0.130. The lowest BCUT2D eigenvalue weighted by Gasteiger charge is -2.16. The first-order valence-electron chi connectivity index (χ1n) is 5.88. The first-order valence-corrected chi connectivity index (χ1v) is 5.88. The number of benzene rings is 1. The number of urea groups is 1. The van der Waals surface area contributed by atoms with Crippen molar-refractivity contribution in [2.75, 3.05) is 0 Å². The molecular weight excluding hydrogens is 267 g/mol. The molecule has 0 aliphatic carbocycles. The third-order valence-corrected chi connectivity index (χ3v) is 3.07. The highest BCUT2D eigenvalue weighted by atomic mass is 19.1. The SMILES string of the molecule is CC1(C)NC(=O)N(Cc2cc(C(=O)O)ccc2F)C1=O. The maximum Gasteiger partial charge on any atom is 0.335 e. The van der Waals surface area contributed by atoms with Crippen LogP contribution in [-0.4, -0.2) is 33.5 Å². The Morgan fingerprint density at radius 2 is 2.05 bits per heavy atom. The fourth-order valence-corrected chi connectivity index (χ4v) is 1.96. The molecule has 0 unspecified atom stereocenters. The van der Waals surface area contributed by atoms with E-state index in [1.807, 2.05) is 0 Å². The molecule has 0 aromatic heterocycles. The number of imide groups is 1. The summed E-state index contributed by atoms with van der Waals surface area (Å²) < 4.78 is 13.7. The second-order valence-electron chi connectivity index (χ2n) is 5.06. The summed E-state index contributed by atoms with van der Waals surface area (Å²) in [7, 11) is 0. The molecule has 0 spiro atoms. The third-order valence-electron chi connectivity index (χ3n) is 3.07. The molecule has 1 aromatic carbocycles. The molecule has 1 fully saturated rings. The Bertz CT molecular complexity index is 612. The summed E-state index contributed by atoms with van der Waals surface area (Å²) in [6.07, 6.45) is 0. The van der Waals surface area contributed by atoms with Crippen molar-refractivity contribution in [3.05, 3.63) is 35.1 Å². The van der Waals surface area contributed by atoms with Gasteiger partial charge in [0.05, 0.1) is 12.1 Å². The van der Waals surface area contributed by atoms with E-state index in [-0.39, 0.29) is 17.7 Å². The van der Waals surface area contributed by atoms with Crippen molar-refractivity contribution in [3.8, 4) is 0 Å². The number of carbonyl (C=O) groups is 3. The van der Waals surface area contributed by atoms with Crippen LogP contribution in [0.4, 0.5) is 9.18 Å². The molecule has 6 nitrogen and oxygen atoms in total. The molecule has 20 heavy (non-hydrogen) atoms. The Morgan fingerprint density at radius 3 is 2.55 bits per heavy atom. The minimum absolute atomic E-state index is 0.0221. The van der Waals surface area contributed by atoms with Crippen LogP contribution in [0, 0.1) is 5.82 Å². The molecule has 2 N–H and O–H groups in total. The first kappa shape index (κ1) is 14.0. The molecule has 0 radical (unpaired) electrons. The average molecular weight is 280 g/mol. The van der Waals surface area contributed by atoms with E-state index in [9.17, 15) is 18.8 Å². The number of rotatable bonds is 3. The number of carboxylic acids is 1. The summed E-state index contributed by atoms with van der Waals surface area (Å²) in [5, 5.41) is 11.3. The molecule has 1 heterocycles. The van der Waals surface area contributed by atoms with Crippen molar-refractivity contribution in [1.82, 2.24) is 10.2 Å². The van der Waals surface area contributed by atoms with Gasteiger partial charge in [0.2, 0.25) is 0 Å². The van der Waals surface area contributed by atoms with E-state index in [1.54, 1.807) is 0 Å². The van der Waals surface area contributed by atoms with Gasteiger partial charge in [-0.3, -0.25) is 9.69 Å². The van der Waals surface area contributed by atoms with Gasteiger partial charge in [-0.2, -0.15) is 0 Å². The van der Waals surface area contributed by atoms with Gasteiger partial charge >= 0.3 is 12.0 Å². The van der Waals surface area contributed by atoms with Gasteiger partial charge in [0.25, 0.3) is 5.91 Å². The smallest absolute Gasteiger partial charge is 0.335 e. The largest absolute Gasteiger partial charge is 0.478 e. The van der Waals surface area contributed by atoms with Gasteiger partial charge in [0.1, 0.15) is 11.4 Å². The van der Waals surface area contributed by atoms with Gasteiger partial charge in [-0.05, 0) is 32.0 Å². The first-order chi connectivity index (χ1) is 9.22. The molecule has 0 bridgehead atoms. The standard InChI is InChI=1S/C13H13FN2O4/c1-13(2)11(19)16(12(20)15-13)6-8-5-7(10(17)18)3-4-9(8)14/h3-5H,6H2,1-2H3,(H,15,20)(H,17,18). The van der Waals surface area contributed by atoms with Crippen molar-refractivity contribution in [1.29, 1.82) is 0 Å². The number of hydrogen-bond acceptors (Lipinski definition) is 3. The van der Waals surface area contributed by atoms with Crippen molar-refractivity contribution >= 4 is 17.9 Å². The monoisotopic (exact) mass is 280 g/mol. The van der Waals surface area contributed by atoms with Gasteiger partial charge in [0.15, 0.2) is 0 Å². The maximum absolute atomic E-state index is 13.7. The number of aromatic carboxylic acids is 1. The van der Waals surface area contributed by atoms with Crippen LogP contribution in [0.25, 0.3) is 0 Å². The molecular formula is C13H13FN2O4. The number of hydrogen-bond donors (Lipinski definition) is 2. The van der Waals surface area contributed by atoms with Crippen LogP contribution < -0.4 is 5.32 Å². The van der Waals surface area contributed by atoms with Crippen LogP contribution >= 0.6 is 0 Å². The minimum atomic E-state index is -1.20. The average Bonchev–Trinajstić information content (AvgIpc) is 2.53. The van der Waals surface area contributed by atoms with E-state index in [4.69, 9.17) is 5.11 Å². The molecule has 2 rings (SSSR count). The maximum atomic E-state index is 13.7. The second-order valence-corrected chi connectivity index (χ2v) is 5.06. The zero-order valence-electron chi connectivity index (χ0n) is 10.9. The fourth-order valence-electron chi connectivity index (χ4n) is 1.96. The van der Waals surface area contributed by atoms with Crippen LogP contribution in [0.1, 0.15) is 29.8 Å². The van der Waals surface area contributed by atoms with Crippen LogP contribution in [-0.2, 0) is 11.3 Å². The fraction of sp³-hybridized carbons (Fsp3) is 0.308. The summed E-state index contributed by atoms with van der Waals surface area (Å²) in [5.74, 6) is -2.35. The highest BCUT2D eigenvalue weighted by Crippen LogP contribution is 2.21. The quantitative estimate of drug-likeness (QED) is 0.818. The Kier molecular flexibility index (Phi) is 3.21. The van der Waals surface area contributed by atoms with Crippen LogP contribution in [0.15, 0.2) is 18.2 Å². The van der Waals surface area contributed by atoms with E-state index in [2.05, 4.69) is 5.32 Å². The van der Waals surface area contributed by atoms with E-state index in [0.717, 1.165) is 23.1 Å². The van der Waals surface area contributed by atoms with Gasteiger partial charge in [0, 0.05) is 5.56 Å². The number of nitrogens with one attached hydrogen (secondary N) is 1.